The molecule has 170 valence electrons. The van der Waals surface area contributed by atoms with Crippen LogP contribution in [-0.2, 0) is 25.7 Å². The first-order valence-electron chi connectivity index (χ1n) is 11.5. The second-order valence-electron chi connectivity index (χ2n) is 13.2. The molecule has 0 bridgehead atoms. The largest absolute Gasteiger partial charge is 0.466 e. The zero-order valence-corrected chi connectivity index (χ0v) is 21.2. The number of H-pyrrole nitrogens is 1. The third-order valence-electron chi connectivity index (χ3n) is 5.48. The van der Waals surface area contributed by atoms with Crippen LogP contribution in [0.2, 0.25) is 0 Å². The number of aromatic nitrogens is 3. The van der Waals surface area contributed by atoms with Crippen LogP contribution >= 0.6 is 0 Å². The number of nitrogens with zero attached hydrogens (tertiary/aromatic N) is 2. The van der Waals surface area contributed by atoms with Crippen molar-refractivity contribution < 1.29 is 4.42 Å². The van der Waals surface area contributed by atoms with Crippen molar-refractivity contribution in [1.29, 1.82) is 0 Å². The van der Waals surface area contributed by atoms with Crippen molar-refractivity contribution in [3.05, 3.63) is 35.3 Å². The fourth-order valence-electron chi connectivity index (χ4n) is 3.91. The van der Waals surface area contributed by atoms with Crippen molar-refractivity contribution in [3.8, 4) is 0 Å². The minimum absolute atomic E-state index is 0.177. The van der Waals surface area contributed by atoms with E-state index in [4.69, 9.17) is 4.42 Å². The Kier molecular flexibility index (Phi) is 7.31. The Morgan fingerprint density at radius 1 is 0.633 bits per heavy atom. The molecule has 0 amide bonds. The summed E-state index contributed by atoms with van der Waals surface area (Å²) < 4.78 is 6.14. The Morgan fingerprint density at radius 2 is 1.07 bits per heavy atom. The average molecular weight is 416 g/mol. The summed E-state index contributed by atoms with van der Waals surface area (Å²) in [6.45, 7) is 22.8. The lowest BCUT2D eigenvalue weighted by Gasteiger charge is -2.30. The summed E-state index contributed by atoms with van der Waals surface area (Å²) in [5.41, 5.74) is 0.848. The second kappa shape index (κ2) is 8.88. The first kappa shape index (κ1) is 24.7. The highest BCUT2D eigenvalue weighted by atomic mass is 16.3. The molecule has 30 heavy (non-hydrogen) atoms. The lowest BCUT2D eigenvalue weighted by atomic mass is 9.75. The predicted octanol–water partition coefficient (Wildman–Crippen LogP) is 7.19. The van der Waals surface area contributed by atoms with E-state index in [2.05, 4.69) is 96.6 Å². The quantitative estimate of drug-likeness (QED) is 0.471. The zero-order chi connectivity index (χ0) is 22.8. The molecule has 2 heterocycles. The Bertz CT molecular complexity index is 729. The molecule has 0 fully saturated rings. The van der Waals surface area contributed by atoms with Gasteiger partial charge in [-0.2, -0.15) is 0 Å². The van der Waals surface area contributed by atoms with E-state index in [0.29, 0.717) is 0 Å². The number of hydrogen-bond donors (Lipinski definition) is 1. The van der Waals surface area contributed by atoms with Crippen molar-refractivity contribution in [2.45, 2.75) is 108 Å². The zero-order valence-electron chi connectivity index (χ0n) is 21.2. The number of nitrogens with one attached hydrogen (secondary N) is 1. The topological polar surface area (TPSA) is 54.7 Å². The van der Waals surface area contributed by atoms with Crippen LogP contribution in [0.1, 0.15) is 105 Å². The van der Waals surface area contributed by atoms with E-state index in [9.17, 15) is 0 Å². The molecule has 0 atom stereocenters. The lowest BCUT2D eigenvalue weighted by Crippen LogP contribution is -2.22. The molecule has 0 saturated heterocycles. The molecular formula is C26H45N3O. The molecular weight excluding hydrogens is 370 g/mol. The van der Waals surface area contributed by atoms with Gasteiger partial charge in [0.1, 0.15) is 23.2 Å². The molecule has 0 radical (unpaired) electrons. The maximum absolute atomic E-state index is 6.14. The van der Waals surface area contributed by atoms with Crippen LogP contribution in [0.25, 0.3) is 0 Å². The normalized spacial score (nSPS) is 13.8. The Morgan fingerprint density at radius 3 is 1.57 bits per heavy atom. The Hall–Kier alpha value is -1.58. The van der Waals surface area contributed by atoms with Crippen LogP contribution in [0.3, 0.4) is 0 Å². The van der Waals surface area contributed by atoms with E-state index >= 15 is 0 Å². The minimum atomic E-state index is 0.177. The molecule has 0 aliphatic rings. The molecule has 0 aliphatic carbocycles. The molecule has 0 aromatic carbocycles. The van der Waals surface area contributed by atoms with Gasteiger partial charge in [0.2, 0.25) is 0 Å². The van der Waals surface area contributed by atoms with Gasteiger partial charge in [0, 0.05) is 25.7 Å². The molecule has 2 aromatic rings. The third kappa shape index (κ3) is 9.06. The molecule has 0 spiro atoms. The van der Waals surface area contributed by atoms with Gasteiger partial charge in [-0.05, 0) is 46.6 Å². The number of aromatic amines is 1. The Labute approximate surface area is 184 Å². The summed E-state index contributed by atoms with van der Waals surface area (Å²) in [4.78, 5) is 3.45. The highest BCUT2D eigenvalue weighted by molar-refractivity contribution is 5.10. The summed E-state index contributed by atoms with van der Waals surface area (Å²) in [6, 6.07) is 4.32. The molecule has 0 saturated carbocycles. The standard InChI is InChI=1S/C26H45N3O/c1-23(2,3)15-19-11-12-20(30-19)16-25(7,8)13-14-26(9,10)18-22-27-21(28-29-22)17-24(4,5)6/h11-12H,13-18H2,1-10H3,(H,27,28,29). The van der Waals surface area contributed by atoms with E-state index in [0.717, 1.165) is 61.7 Å². The first-order valence-corrected chi connectivity index (χ1v) is 11.5. The van der Waals surface area contributed by atoms with Gasteiger partial charge in [-0.15, -0.1) is 10.2 Å². The average Bonchev–Trinajstić information content (AvgIpc) is 3.11. The van der Waals surface area contributed by atoms with E-state index in [1.165, 1.54) is 0 Å². The van der Waals surface area contributed by atoms with Gasteiger partial charge in [-0.3, -0.25) is 0 Å². The smallest absolute Gasteiger partial charge is 0.130 e. The van der Waals surface area contributed by atoms with Gasteiger partial charge in [-0.1, -0.05) is 69.2 Å². The number of furan rings is 1. The van der Waals surface area contributed by atoms with Crippen LogP contribution in [0.4, 0.5) is 0 Å². The Balaban J connectivity index is 1.89. The predicted molar refractivity (Wildman–Crippen MR) is 126 cm³/mol. The van der Waals surface area contributed by atoms with Crippen LogP contribution in [0.15, 0.2) is 16.5 Å². The summed E-state index contributed by atoms with van der Waals surface area (Å²) in [5.74, 6) is 4.22. The minimum Gasteiger partial charge on any atom is -0.466 e. The lowest BCUT2D eigenvalue weighted by molar-refractivity contribution is 0.223. The fraction of sp³-hybridized carbons (Fsp3) is 0.769. The molecule has 4 heteroatoms. The van der Waals surface area contributed by atoms with Crippen molar-refractivity contribution in [1.82, 2.24) is 15.2 Å². The van der Waals surface area contributed by atoms with Crippen LogP contribution in [0, 0.1) is 21.7 Å². The molecule has 2 aromatic heterocycles. The highest BCUT2D eigenvalue weighted by Crippen LogP contribution is 2.36. The van der Waals surface area contributed by atoms with Crippen LogP contribution < -0.4 is 0 Å². The van der Waals surface area contributed by atoms with Gasteiger partial charge in [-0.25, -0.2) is 0 Å². The van der Waals surface area contributed by atoms with Gasteiger partial charge < -0.3 is 9.40 Å². The molecule has 0 aliphatic heterocycles. The first-order chi connectivity index (χ1) is 13.5. The summed E-state index contributed by atoms with van der Waals surface area (Å²) in [7, 11) is 0. The van der Waals surface area contributed by atoms with Crippen LogP contribution in [-0.4, -0.2) is 15.2 Å². The maximum atomic E-state index is 6.14. The molecule has 4 nitrogen and oxygen atoms in total. The van der Waals surface area contributed by atoms with Gasteiger partial charge in [0.15, 0.2) is 0 Å². The summed E-state index contributed by atoms with van der Waals surface area (Å²) >= 11 is 0. The van der Waals surface area contributed by atoms with E-state index < -0.39 is 0 Å². The second-order valence-corrected chi connectivity index (χ2v) is 13.2. The van der Waals surface area contributed by atoms with E-state index in [-0.39, 0.29) is 21.7 Å². The van der Waals surface area contributed by atoms with Gasteiger partial charge >= 0.3 is 0 Å². The van der Waals surface area contributed by atoms with E-state index in [1.54, 1.807) is 0 Å². The maximum Gasteiger partial charge on any atom is 0.130 e. The van der Waals surface area contributed by atoms with Crippen LogP contribution in [0.5, 0.6) is 0 Å². The van der Waals surface area contributed by atoms with Crippen molar-refractivity contribution >= 4 is 0 Å². The van der Waals surface area contributed by atoms with Gasteiger partial charge in [0.05, 0.1) is 0 Å². The van der Waals surface area contributed by atoms with Crippen molar-refractivity contribution in [2.24, 2.45) is 21.7 Å². The van der Waals surface area contributed by atoms with Gasteiger partial charge in [0.25, 0.3) is 0 Å². The van der Waals surface area contributed by atoms with Crippen molar-refractivity contribution in [3.63, 3.8) is 0 Å². The fourth-order valence-corrected chi connectivity index (χ4v) is 3.91. The number of hydrogen-bond acceptors (Lipinski definition) is 3. The van der Waals surface area contributed by atoms with E-state index in [1.807, 2.05) is 0 Å². The molecule has 1 N–H and O–H groups in total. The third-order valence-corrected chi connectivity index (χ3v) is 5.48. The summed E-state index contributed by atoms with van der Waals surface area (Å²) in [6.07, 6.45) is 6.10. The monoisotopic (exact) mass is 415 g/mol. The summed E-state index contributed by atoms with van der Waals surface area (Å²) in [5, 5.41) is 8.77. The highest BCUT2D eigenvalue weighted by Gasteiger charge is 2.27. The number of rotatable bonds is 9. The van der Waals surface area contributed by atoms with Crippen molar-refractivity contribution in [2.75, 3.05) is 0 Å². The molecule has 0 unspecified atom stereocenters. The molecule has 2 rings (SSSR count). The SMILES string of the molecule is CC(C)(C)Cc1nnc(CC(C)(C)CCC(C)(C)Cc2ccc(CC(C)(C)C)o2)[nH]1.